The molecule has 1 aliphatic carbocycles. The van der Waals surface area contributed by atoms with E-state index < -0.39 is 0 Å². The Kier molecular flexibility index (Phi) is 3.80. The van der Waals surface area contributed by atoms with E-state index in [1.807, 2.05) is 12.1 Å². The number of ether oxygens (including phenoxy) is 1. The van der Waals surface area contributed by atoms with Gasteiger partial charge in [-0.3, -0.25) is 0 Å². The van der Waals surface area contributed by atoms with Gasteiger partial charge in [0, 0.05) is 19.7 Å². The van der Waals surface area contributed by atoms with Crippen molar-refractivity contribution in [2.45, 2.75) is 38.0 Å². The van der Waals surface area contributed by atoms with Crippen LogP contribution in [0.1, 0.15) is 24.8 Å². The molecule has 16 heavy (non-hydrogen) atoms. The van der Waals surface area contributed by atoms with Gasteiger partial charge in [-0.1, -0.05) is 12.1 Å². The first-order chi connectivity index (χ1) is 7.79. The highest BCUT2D eigenvalue weighted by molar-refractivity contribution is 5.25. The van der Waals surface area contributed by atoms with E-state index in [0.29, 0.717) is 17.9 Å². The van der Waals surface area contributed by atoms with Crippen LogP contribution in [-0.2, 0) is 11.3 Å². The van der Waals surface area contributed by atoms with Crippen molar-refractivity contribution >= 4 is 0 Å². The van der Waals surface area contributed by atoms with Crippen LogP contribution in [-0.4, -0.2) is 24.4 Å². The molecule has 3 nitrogen and oxygen atoms in total. The highest BCUT2D eigenvalue weighted by atomic mass is 16.5. The zero-order chi connectivity index (χ0) is 11.4. The molecular weight excluding hydrogens is 202 g/mol. The van der Waals surface area contributed by atoms with Gasteiger partial charge in [0.2, 0.25) is 0 Å². The molecule has 1 aromatic carbocycles. The van der Waals surface area contributed by atoms with E-state index in [1.54, 1.807) is 19.2 Å². The number of phenolic OH excluding ortho intramolecular Hbond substituents is 1. The largest absolute Gasteiger partial charge is 0.508 e. The van der Waals surface area contributed by atoms with Gasteiger partial charge in [0.1, 0.15) is 5.75 Å². The summed E-state index contributed by atoms with van der Waals surface area (Å²) in [7, 11) is 1.78. The lowest BCUT2D eigenvalue weighted by molar-refractivity contribution is 0.0847. The van der Waals surface area contributed by atoms with Crippen molar-refractivity contribution in [1.29, 1.82) is 0 Å². The van der Waals surface area contributed by atoms with E-state index in [1.165, 1.54) is 18.4 Å². The molecule has 0 amide bonds. The van der Waals surface area contributed by atoms with Crippen LogP contribution in [0.2, 0.25) is 0 Å². The van der Waals surface area contributed by atoms with Gasteiger partial charge in [-0.25, -0.2) is 0 Å². The number of rotatable bonds is 4. The van der Waals surface area contributed by atoms with Crippen LogP contribution in [0, 0.1) is 0 Å². The van der Waals surface area contributed by atoms with Crippen LogP contribution < -0.4 is 5.32 Å². The summed E-state index contributed by atoms with van der Waals surface area (Å²) < 4.78 is 5.43. The Hall–Kier alpha value is -1.06. The van der Waals surface area contributed by atoms with Crippen LogP contribution in [0.3, 0.4) is 0 Å². The summed E-state index contributed by atoms with van der Waals surface area (Å²) in [5.41, 5.74) is 1.19. The maximum absolute atomic E-state index is 9.18. The summed E-state index contributed by atoms with van der Waals surface area (Å²) >= 11 is 0. The lowest BCUT2D eigenvalue weighted by Gasteiger charge is -2.19. The topological polar surface area (TPSA) is 41.5 Å². The van der Waals surface area contributed by atoms with Gasteiger partial charge in [0.05, 0.1) is 6.10 Å². The summed E-state index contributed by atoms with van der Waals surface area (Å²) in [4.78, 5) is 0. The number of hydrogen-bond donors (Lipinski definition) is 2. The molecule has 2 unspecified atom stereocenters. The summed E-state index contributed by atoms with van der Waals surface area (Å²) in [6, 6.07) is 7.80. The van der Waals surface area contributed by atoms with Crippen molar-refractivity contribution in [3.05, 3.63) is 29.8 Å². The van der Waals surface area contributed by atoms with Gasteiger partial charge in [0.25, 0.3) is 0 Å². The molecule has 88 valence electrons. The summed E-state index contributed by atoms with van der Waals surface area (Å²) in [5.74, 6) is 0.319. The lowest BCUT2D eigenvalue weighted by Crippen LogP contribution is -2.36. The molecule has 0 bridgehead atoms. The molecule has 0 radical (unpaired) electrons. The Labute approximate surface area is 96.4 Å². The van der Waals surface area contributed by atoms with Crippen molar-refractivity contribution in [1.82, 2.24) is 5.32 Å². The van der Waals surface area contributed by atoms with E-state index >= 15 is 0 Å². The maximum Gasteiger partial charge on any atom is 0.115 e. The number of phenols is 1. The number of hydrogen-bond acceptors (Lipinski definition) is 3. The fourth-order valence-corrected chi connectivity index (χ4v) is 2.30. The first kappa shape index (κ1) is 11.4. The van der Waals surface area contributed by atoms with Crippen LogP contribution in [0.25, 0.3) is 0 Å². The fraction of sp³-hybridized carbons (Fsp3) is 0.538. The minimum Gasteiger partial charge on any atom is -0.508 e. The Morgan fingerprint density at radius 2 is 2.06 bits per heavy atom. The highest BCUT2D eigenvalue weighted by Gasteiger charge is 2.26. The molecule has 3 heteroatoms. The van der Waals surface area contributed by atoms with Gasteiger partial charge in [-0.15, -0.1) is 0 Å². The first-order valence-electron chi connectivity index (χ1n) is 5.83. The average Bonchev–Trinajstić information content (AvgIpc) is 2.76. The highest BCUT2D eigenvalue weighted by Crippen LogP contribution is 2.22. The Bertz CT molecular complexity index is 323. The van der Waals surface area contributed by atoms with Crippen LogP contribution >= 0.6 is 0 Å². The van der Waals surface area contributed by atoms with E-state index in [-0.39, 0.29) is 0 Å². The second kappa shape index (κ2) is 5.32. The van der Waals surface area contributed by atoms with Gasteiger partial charge < -0.3 is 15.2 Å². The van der Waals surface area contributed by atoms with Crippen molar-refractivity contribution in [3.63, 3.8) is 0 Å². The predicted octanol–water partition coefficient (Wildman–Crippen LogP) is 2.05. The number of methoxy groups -OCH3 is 1. The molecular formula is C13H19NO2. The molecule has 2 rings (SSSR count). The first-order valence-corrected chi connectivity index (χ1v) is 5.83. The molecule has 1 fully saturated rings. The zero-order valence-electron chi connectivity index (χ0n) is 9.65. The lowest BCUT2D eigenvalue weighted by atomic mass is 10.1. The predicted molar refractivity (Wildman–Crippen MR) is 63.4 cm³/mol. The number of benzene rings is 1. The quantitative estimate of drug-likeness (QED) is 0.817. The number of aromatic hydroxyl groups is 1. The van der Waals surface area contributed by atoms with Crippen LogP contribution in [0.5, 0.6) is 5.75 Å². The standard InChI is InChI=1S/C13H19NO2/c1-16-13-4-2-3-12(13)14-9-10-5-7-11(15)8-6-10/h5-8,12-15H,2-4,9H2,1H3. The molecule has 0 aliphatic heterocycles. The van der Waals surface area contributed by atoms with Crippen molar-refractivity contribution < 1.29 is 9.84 Å². The minimum atomic E-state index is 0.319. The molecule has 1 saturated carbocycles. The molecule has 2 N–H and O–H groups in total. The molecule has 1 aromatic rings. The Balaban J connectivity index is 1.85. The van der Waals surface area contributed by atoms with Gasteiger partial charge in [0.15, 0.2) is 0 Å². The Morgan fingerprint density at radius 3 is 2.75 bits per heavy atom. The fourth-order valence-electron chi connectivity index (χ4n) is 2.30. The smallest absolute Gasteiger partial charge is 0.115 e. The van der Waals surface area contributed by atoms with E-state index in [9.17, 15) is 5.11 Å². The monoisotopic (exact) mass is 221 g/mol. The third-order valence-corrected chi connectivity index (χ3v) is 3.26. The SMILES string of the molecule is COC1CCCC1NCc1ccc(O)cc1. The minimum absolute atomic E-state index is 0.319. The van der Waals surface area contributed by atoms with E-state index in [0.717, 1.165) is 13.0 Å². The molecule has 0 spiro atoms. The molecule has 1 aliphatic rings. The van der Waals surface area contributed by atoms with Crippen molar-refractivity contribution in [2.24, 2.45) is 0 Å². The van der Waals surface area contributed by atoms with Gasteiger partial charge >= 0.3 is 0 Å². The summed E-state index contributed by atoms with van der Waals surface area (Å²) in [6.45, 7) is 0.838. The average molecular weight is 221 g/mol. The molecule has 2 atom stereocenters. The van der Waals surface area contributed by atoms with Crippen LogP contribution in [0.4, 0.5) is 0 Å². The van der Waals surface area contributed by atoms with Crippen molar-refractivity contribution in [2.75, 3.05) is 7.11 Å². The molecule has 0 aromatic heterocycles. The van der Waals surface area contributed by atoms with Crippen molar-refractivity contribution in [3.8, 4) is 5.75 Å². The third kappa shape index (κ3) is 2.74. The molecule has 0 saturated heterocycles. The van der Waals surface area contributed by atoms with E-state index in [2.05, 4.69) is 5.32 Å². The third-order valence-electron chi connectivity index (χ3n) is 3.26. The van der Waals surface area contributed by atoms with Gasteiger partial charge in [-0.2, -0.15) is 0 Å². The number of nitrogens with one attached hydrogen (secondary N) is 1. The van der Waals surface area contributed by atoms with Crippen LogP contribution in [0.15, 0.2) is 24.3 Å². The normalized spacial score (nSPS) is 24.8. The second-order valence-electron chi connectivity index (χ2n) is 4.36. The Morgan fingerprint density at radius 1 is 1.31 bits per heavy atom. The summed E-state index contributed by atoms with van der Waals surface area (Å²) in [5, 5.41) is 12.7. The second-order valence-corrected chi connectivity index (χ2v) is 4.36. The summed E-state index contributed by atoms with van der Waals surface area (Å²) in [6.07, 6.45) is 3.95. The molecule has 0 heterocycles. The zero-order valence-corrected chi connectivity index (χ0v) is 9.65. The maximum atomic E-state index is 9.18. The van der Waals surface area contributed by atoms with E-state index in [4.69, 9.17) is 4.74 Å². The van der Waals surface area contributed by atoms with Gasteiger partial charge in [-0.05, 0) is 37.0 Å².